The van der Waals surface area contributed by atoms with Crippen molar-refractivity contribution in [2.75, 3.05) is 4.90 Å². The van der Waals surface area contributed by atoms with Crippen LogP contribution in [0.25, 0.3) is 83.6 Å². The molecule has 0 atom stereocenters. The average Bonchev–Trinajstić information content (AvgIpc) is 3.91. The van der Waals surface area contributed by atoms with Crippen LogP contribution in [0.15, 0.2) is 229 Å². The number of hydrogen-bond donors (Lipinski definition) is 0. The van der Waals surface area contributed by atoms with E-state index in [4.69, 9.17) is 4.98 Å². The fourth-order valence-electron chi connectivity index (χ4n) is 9.15. The number of anilines is 2. The molecule has 12 rings (SSSR count). The standard InChI is InChI=1S/C57H38IN4/c1-4-17-44(18-5-1)60-51-27-13-10-23-48(51)56-47(24-16-30-54(56)60)40-33-31-39(32-34-40)41-35-42(55-38-58-49-25-11-14-28-52(49)61(55)45-19-6-2-7-20-45)37-43(36-41)57-59-50-26-12-15-29-53(50)62(57)46-21-8-3-9-22-46/h1-38H/q-1. The summed E-state index contributed by atoms with van der Waals surface area (Å²) in [6.07, 6.45) is 0. The van der Waals surface area contributed by atoms with E-state index in [-0.39, 0.29) is 21.2 Å². The van der Waals surface area contributed by atoms with Crippen LogP contribution in [0.1, 0.15) is 5.56 Å². The fourth-order valence-corrected chi connectivity index (χ4v) is 11.6. The van der Waals surface area contributed by atoms with Crippen molar-refractivity contribution in [3.05, 3.63) is 238 Å². The molecule has 0 aliphatic carbocycles. The molecule has 0 spiro atoms. The van der Waals surface area contributed by atoms with Crippen LogP contribution in [0.3, 0.4) is 0 Å². The van der Waals surface area contributed by atoms with Gasteiger partial charge in [-0.2, -0.15) is 0 Å². The second-order valence-corrected chi connectivity index (χ2v) is 18.0. The third-order valence-electron chi connectivity index (χ3n) is 11.9. The second kappa shape index (κ2) is 15.2. The number of rotatable bonds is 7. The number of halogens is 1. The van der Waals surface area contributed by atoms with E-state index in [9.17, 15) is 0 Å². The molecule has 1 aliphatic rings. The third kappa shape index (κ3) is 6.15. The molecule has 1 aliphatic heterocycles. The molecule has 0 amide bonds. The Hall–Kier alpha value is -7.48. The van der Waals surface area contributed by atoms with Crippen molar-refractivity contribution in [1.29, 1.82) is 0 Å². The van der Waals surface area contributed by atoms with Crippen molar-refractivity contribution in [2.24, 2.45) is 0 Å². The molecule has 62 heavy (non-hydrogen) atoms. The summed E-state index contributed by atoms with van der Waals surface area (Å²) in [7, 11) is 0. The molecule has 9 aromatic carbocycles. The van der Waals surface area contributed by atoms with Gasteiger partial charge in [-0.25, -0.2) is 0 Å². The zero-order valence-electron chi connectivity index (χ0n) is 33.6. The van der Waals surface area contributed by atoms with Gasteiger partial charge in [-0.3, -0.25) is 0 Å². The van der Waals surface area contributed by atoms with E-state index in [1.54, 1.807) is 0 Å². The quantitative estimate of drug-likeness (QED) is 0.149. The van der Waals surface area contributed by atoms with E-state index in [1.165, 1.54) is 47.9 Å². The molecule has 0 N–H and O–H groups in total. The first-order valence-electron chi connectivity index (χ1n) is 20.9. The van der Waals surface area contributed by atoms with Gasteiger partial charge in [0.05, 0.1) is 5.52 Å². The number of nitrogens with zero attached hydrogens (tertiary/aromatic N) is 4. The van der Waals surface area contributed by atoms with Crippen LogP contribution in [-0.4, -0.2) is 14.1 Å². The van der Waals surface area contributed by atoms with E-state index in [1.807, 2.05) is 0 Å². The summed E-state index contributed by atoms with van der Waals surface area (Å²) in [5.41, 5.74) is 17.2. The van der Waals surface area contributed by atoms with Gasteiger partial charge >= 0.3 is 296 Å². The van der Waals surface area contributed by atoms with Gasteiger partial charge in [0.2, 0.25) is 0 Å². The van der Waals surface area contributed by atoms with Crippen LogP contribution < -0.4 is 26.1 Å². The van der Waals surface area contributed by atoms with E-state index in [0.717, 1.165) is 56.2 Å². The number of hydrogen-bond acceptors (Lipinski definition) is 2. The van der Waals surface area contributed by atoms with E-state index >= 15 is 0 Å². The Morgan fingerprint density at radius 1 is 0.387 bits per heavy atom. The van der Waals surface area contributed by atoms with Crippen molar-refractivity contribution in [3.8, 4) is 45.0 Å². The summed E-state index contributed by atoms with van der Waals surface area (Å²) in [6.45, 7) is 0. The van der Waals surface area contributed by atoms with Gasteiger partial charge in [-0.15, -0.1) is 0 Å². The van der Waals surface area contributed by atoms with Gasteiger partial charge in [0.15, 0.2) is 0 Å². The summed E-state index contributed by atoms with van der Waals surface area (Å²) in [6, 6.07) is 81.1. The maximum absolute atomic E-state index is 5.36. The van der Waals surface area contributed by atoms with Crippen LogP contribution in [-0.2, 0) is 0 Å². The van der Waals surface area contributed by atoms with Crippen LogP contribution in [0.4, 0.5) is 11.4 Å². The number of fused-ring (bicyclic) bond motifs is 5. The van der Waals surface area contributed by atoms with Gasteiger partial charge in [0.1, 0.15) is 0 Å². The van der Waals surface area contributed by atoms with Crippen molar-refractivity contribution in [3.63, 3.8) is 0 Å². The molecule has 0 fully saturated rings. The molecule has 0 bridgehead atoms. The average molecular weight is 906 g/mol. The topological polar surface area (TPSA) is 26.0 Å². The zero-order valence-corrected chi connectivity index (χ0v) is 35.8. The van der Waals surface area contributed by atoms with Gasteiger partial charge in [-0.05, 0) is 24.3 Å². The van der Waals surface area contributed by atoms with Crippen LogP contribution in [0, 0.1) is 3.57 Å². The zero-order chi connectivity index (χ0) is 41.0. The third-order valence-corrected chi connectivity index (χ3v) is 14.4. The predicted octanol–water partition coefficient (Wildman–Crippen LogP) is 11.5. The first-order chi connectivity index (χ1) is 30.8. The summed E-state index contributed by atoms with van der Waals surface area (Å²) in [4.78, 5) is 7.80. The van der Waals surface area contributed by atoms with Crippen molar-refractivity contribution < 1.29 is 21.2 Å². The Balaban J connectivity index is 1.04. The Bertz CT molecular complexity index is 3480. The molecule has 11 aromatic rings. The Labute approximate surface area is 370 Å². The van der Waals surface area contributed by atoms with Crippen molar-refractivity contribution in [1.82, 2.24) is 14.1 Å². The molecule has 2 aromatic heterocycles. The van der Waals surface area contributed by atoms with Crippen LogP contribution in [0.5, 0.6) is 0 Å². The number of para-hydroxylation sites is 7. The first kappa shape index (κ1) is 36.4. The van der Waals surface area contributed by atoms with Crippen molar-refractivity contribution in [2.45, 2.75) is 0 Å². The number of imidazole rings is 1. The van der Waals surface area contributed by atoms with Gasteiger partial charge < -0.3 is 4.57 Å². The Morgan fingerprint density at radius 3 is 1.74 bits per heavy atom. The van der Waals surface area contributed by atoms with E-state index in [0.29, 0.717) is 0 Å². The number of benzene rings is 9. The molecule has 0 radical (unpaired) electrons. The molecule has 5 heteroatoms. The summed E-state index contributed by atoms with van der Waals surface area (Å²) >= 11 is -0.379. The molecule has 4 nitrogen and oxygen atoms in total. The minimum absolute atomic E-state index is 0.379. The molecule has 294 valence electrons. The molecule has 3 heterocycles. The molecule has 0 unspecified atom stereocenters. The SMILES string of the molecule is C1=C(c2cc(-c3ccc(-c4cccc5c4c4ccccc4n5-c4ccccc4)cc3)cc(-c3nc4ccccc4n3-c3ccccc3)c2)N(c2ccccc2)c2ccccc2[I-]1. The molecular weight excluding hydrogens is 868 g/mol. The van der Waals surface area contributed by atoms with Crippen LogP contribution >= 0.6 is 0 Å². The monoisotopic (exact) mass is 905 g/mol. The van der Waals surface area contributed by atoms with Crippen LogP contribution in [0.2, 0.25) is 0 Å². The summed E-state index contributed by atoms with van der Waals surface area (Å²) in [5.74, 6) is 0.913. The normalized spacial score (nSPS) is 12.6. The predicted molar refractivity (Wildman–Crippen MR) is 253 cm³/mol. The molecular formula is C57H38IN4-. The first-order valence-corrected chi connectivity index (χ1v) is 23.2. The Kier molecular flexibility index (Phi) is 8.92. The second-order valence-electron chi connectivity index (χ2n) is 15.6. The van der Waals surface area contributed by atoms with Gasteiger partial charge in [0, 0.05) is 5.69 Å². The minimum atomic E-state index is -0.379. The molecule has 0 saturated heterocycles. The Morgan fingerprint density at radius 2 is 0.968 bits per heavy atom. The van der Waals surface area contributed by atoms with E-state index in [2.05, 4.69) is 243 Å². The van der Waals surface area contributed by atoms with Gasteiger partial charge in [-0.1, -0.05) is 36.4 Å². The summed E-state index contributed by atoms with van der Waals surface area (Å²) < 4.78 is 8.60. The van der Waals surface area contributed by atoms with Crippen molar-refractivity contribution >= 4 is 49.9 Å². The van der Waals surface area contributed by atoms with Gasteiger partial charge in [0.25, 0.3) is 0 Å². The molecule has 0 saturated carbocycles. The number of aromatic nitrogens is 3. The maximum atomic E-state index is 5.36. The fraction of sp³-hybridized carbons (Fsp3) is 0. The summed E-state index contributed by atoms with van der Waals surface area (Å²) in [5, 5.41) is 2.51. The van der Waals surface area contributed by atoms with E-state index < -0.39 is 0 Å².